The van der Waals surface area contributed by atoms with Gasteiger partial charge < -0.3 is 4.90 Å². The summed E-state index contributed by atoms with van der Waals surface area (Å²) in [5, 5.41) is 0. The molecule has 2 unspecified atom stereocenters. The van der Waals surface area contributed by atoms with Gasteiger partial charge in [-0.2, -0.15) is 0 Å². The molecule has 0 aromatic carbocycles. The van der Waals surface area contributed by atoms with Gasteiger partial charge in [0.15, 0.2) is 0 Å². The molecule has 0 aliphatic heterocycles. The third kappa shape index (κ3) is 4.67. The maximum absolute atomic E-state index is 11.4. The van der Waals surface area contributed by atoms with E-state index >= 15 is 0 Å². The van der Waals surface area contributed by atoms with Gasteiger partial charge in [-0.05, 0) is 38.0 Å². The van der Waals surface area contributed by atoms with Crippen LogP contribution in [0.2, 0.25) is 0 Å². The largest absolute Gasteiger partial charge is 0.339 e. The Morgan fingerprint density at radius 3 is 2.83 bits per heavy atom. The summed E-state index contributed by atoms with van der Waals surface area (Å²) in [6.45, 7) is 9.88. The summed E-state index contributed by atoms with van der Waals surface area (Å²) in [6.07, 6.45) is 10.3. The van der Waals surface area contributed by atoms with E-state index in [2.05, 4.69) is 39.0 Å². The van der Waals surface area contributed by atoms with E-state index in [0.717, 1.165) is 19.5 Å². The fraction of sp³-hybridized carbons (Fsp3) is 0.688. The molecule has 1 aliphatic carbocycles. The Morgan fingerprint density at radius 2 is 2.28 bits per heavy atom. The van der Waals surface area contributed by atoms with Crippen LogP contribution < -0.4 is 0 Å². The van der Waals surface area contributed by atoms with Gasteiger partial charge in [0.25, 0.3) is 0 Å². The Morgan fingerprint density at radius 1 is 1.56 bits per heavy atom. The van der Waals surface area contributed by atoms with Crippen molar-refractivity contribution in [2.45, 2.75) is 47.0 Å². The van der Waals surface area contributed by atoms with Crippen molar-refractivity contribution in [1.82, 2.24) is 4.90 Å². The minimum absolute atomic E-state index is 0.175. The van der Waals surface area contributed by atoms with Crippen LogP contribution >= 0.6 is 0 Å². The zero-order valence-corrected chi connectivity index (χ0v) is 12.3. The van der Waals surface area contributed by atoms with Gasteiger partial charge in [0.05, 0.1) is 0 Å². The lowest BCUT2D eigenvalue weighted by molar-refractivity contribution is -0.128. The predicted molar refractivity (Wildman–Crippen MR) is 77.3 cm³/mol. The molecule has 2 atom stereocenters. The second kappa shape index (κ2) is 7.40. The lowest BCUT2D eigenvalue weighted by Crippen LogP contribution is -2.29. The van der Waals surface area contributed by atoms with E-state index in [9.17, 15) is 4.79 Å². The molecule has 0 bridgehead atoms. The summed E-state index contributed by atoms with van der Waals surface area (Å²) in [6, 6.07) is 0. The molecular weight excluding hydrogens is 222 g/mol. The molecule has 0 spiro atoms. The van der Waals surface area contributed by atoms with Crippen molar-refractivity contribution >= 4 is 5.91 Å². The molecule has 2 nitrogen and oxygen atoms in total. The summed E-state index contributed by atoms with van der Waals surface area (Å²) in [4.78, 5) is 13.3. The molecule has 0 heterocycles. The molecule has 0 radical (unpaired) electrons. The van der Waals surface area contributed by atoms with Crippen molar-refractivity contribution in [2.24, 2.45) is 11.8 Å². The van der Waals surface area contributed by atoms with Crippen molar-refractivity contribution in [1.29, 1.82) is 0 Å². The first-order valence-electron chi connectivity index (χ1n) is 7.14. The normalized spacial score (nSPS) is 24.1. The summed E-state index contributed by atoms with van der Waals surface area (Å²) in [7, 11) is 0. The highest BCUT2D eigenvalue weighted by Gasteiger charge is 2.17. The molecule has 1 aliphatic rings. The first-order chi connectivity index (χ1) is 8.54. The average molecular weight is 249 g/mol. The first-order valence-corrected chi connectivity index (χ1v) is 7.14. The van der Waals surface area contributed by atoms with Gasteiger partial charge in [0.2, 0.25) is 5.91 Å². The lowest BCUT2D eigenvalue weighted by atomic mass is 9.82. The number of rotatable bonds is 5. The molecule has 1 rings (SSSR count). The van der Waals surface area contributed by atoms with Crippen molar-refractivity contribution in [3.8, 4) is 0 Å². The van der Waals surface area contributed by atoms with E-state index in [0.29, 0.717) is 11.8 Å². The summed E-state index contributed by atoms with van der Waals surface area (Å²) >= 11 is 0. The Labute approximate surface area is 112 Å². The van der Waals surface area contributed by atoms with Crippen LogP contribution in [0.25, 0.3) is 0 Å². The molecule has 102 valence electrons. The van der Waals surface area contributed by atoms with Crippen LogP contribution in [0.4, 0.5) is 0 Å². The zero-order valence-electron chi connectivity index (χ0n) is 12.3. The van der Waals surface area contributed by atoms with Gasteiger partial charge >= 0.3 is 0 Å². The third-order valence-corrected chi connectivity index (χ3v) is 3.74. The van der Waals surface area contributed by atoms with E-state index < -0.39 is 0 Å². The summed E-state index contributed by atoms with van der Waals surface area (Å²) in [5.41, 5.74) is 1.52. The Kier molecular flexibility index (Phi) is 6.17. The molecule has 0 saturated heterocycles. The van der Waals surface area contributed by atoms with E-state index in [-0.39, 0.29) is 5.91 Å². The molecule has 0 aromatic heterocycles. The molecule has 2 heteroatoms. The highest BCUT2D eigenvalue weighted by atomic mass is 16.2. The van der Waals surface area contributed by atoms with E-state index in [1.807, 2.05) is 4.90 Å². The minimum atomic E-state index is 0.175. The van der Waals surface area contributed by atoms with Crippen LogP contribution in [0.15, 0.2) is 23.8 Å². The monoisotopic (exact) mass is 249 g/mol. The molecule has 0 saturated carbocycles. The molecular formula is C16H27NO. The first kappa shape index (κ1) is 15.0. The maximum atomic E-state index is 11.4. The van der Waals surface area contributed by atoms with Crippen LogP contribution in [0.1, 0.15) is 47.0 Å². The topological polar surface area (TPSA) is 20.3 Å². The second-order valence-corrected chi connectivity index (χ2v) is 5.47. The lowest BCUT2D eigenvalue weighted by Gasteiger charge is -2.24. The van der Waals surface area contributed by atoms with E-state index in [1.54, 1.807) is 6.92 Å². The molecule has 1 amide bonds. The summed E-state index contributed by atoms with van der Waals surface area (Å²) < 4.78 is 0. The third-order valence-electron chi connectivity index (χ3n) is 3.74. The van der Waals surface area contributed by atoms with Gasteiger partial charge in [-0.25, -0.2) is 0 Å². The standard InChI is InChI=1S/C16H27NO/c1-5-10-17(15(4)18)11-6-7-16-9-8-13(2)12-14(16)3/h6-7,12,14,16H,5,8-11H2,1-4H3. The number of hydrogen-bond donors (Lipinski definition) is 0. The number of allylic oxidation sites excluding steroid dienone is 3. The van der Waals surface area contributed by atoms with E-state index in [1.165, 1.54) is 18.4 Å². The van der Waals surface area contributed by atoms with Crippen molar-refractivity contribution in [3.63, 3.8) is 0 Å². The van der Waals surface area contributed by atoms with Gasteiger partial charge in [0.1, 0.15) is 0 Å². The van der Waals surface area contributed by atoms with Gasteiger partial charge in [-0.3, -0.25) is 4.79 Å². The van der Waals surface area contributed by atoms with Gasteiger partial charge in [0, 0.05) is 20.0 Å². The number of carbonyl (C=O) groups is 1. The fourth-order valence-corrected chi connectivity index (χ4v) is 2.59. The Hall–Kier alpha value is -1.05. The van der Waals surface area contributed by atoms with Crippen LogP contribution in [-0.2, 0) is 4.79 Å². The van der Waals surface area contributed by atoms with E-state index in [4.69, 9.17) is 0 Å². The molecule has 18 heavy (non-hydrogen) atoms. The average Bonchev–Trinajstić information content (AvgIpc) is 2.30. The van der Waals surface area contributed by atoms with Crippen LogP contribution in [-0.4, -0.2) is 23.9 Å². The number of nitrogens with zero attached hydrogens (tertiary/aromatic N) is 1. The maximum Gasteiger partial charge on any atom is 0.219 e. The minimum Gasteiger partial charge on any atom is -0.339 e. The van der Waals surface area contributed by atoms with Crippen LogP contribution in [0.3, 0.4) is 0 Å². The number of hydrogen-bond acceptors (Lipinski definition) is 1. The highest BCUT2D eigenvalue weighted by Crippen LogP contribution is 2.29. The number of carbonyl (C=O) groups excluding carboxylic acids is 1. The quantitative estimate of drug-likeness (QED) is 0.679. The van der Waals surface area contributed by atoms with Crippen molar-refractivity contribution in [2.75, 3.05) is 13.1 Å². The Balaban J connectivity index is 2.47. The van der Waals surface area contributed by atoms with Crippen LogP contribution in [0, 0.1) is 11.8 Å². The smallest absolute Gasteiger partial charge is 0.219 e. The SMILES string of the molecule is CCCN(CC=CC1CCC(C)=CC1C)C(C)=O. The van der Waals surface area contributed by atoms with Crippen LogP contribution in [0.5, 0.6) is 0 Å². The number of amides is 1. The molecule has 0 N–H and O–H groups in total. The van der Waals surface area contributed by atoms with Crippen molar-refractivity contribution in [3.05, 3.63) is 23.8 Å². The second-order valence-electron chi connectivity index (χ2n) is 5.47. The summed E-state index contributed by atoms with van der Waals surface area (Å²) in [5.74, 6) is 1.45. The fourth-order valence-electron chi connectivity index (χ4n) is 2.59. The van der Waals surface area contributed by atoms with Crippen molar-refractivity contribution < 1.29 is 4.79 Å². The molecule has 0 fully saturated rings. The highest BCUT2D eigenvalue weighted by molar-refractivity contribution is 5.73. The predicted octanol–water partition coefficient (Wildman–Crippen LogP) is 3.79. The zero-order chi connectivity index (χ0) is 13.5. The Bertz CT molecular complexity index is 330. The van der Waals surface area contributed by atoms with Gasteiger partial charge in [-0.1, -0.05) is 37.6 Å². The van der Waals surface area contributed by atoms with Gasteiger partial charge in [-0.15, -0.1) is 0 Å². The molecule has 0 aromatic rings.